The third-order valence-electron chi connectivity index (χ3n) is 5.63. The summed E-state index contributed by atoms with van der Waals surface area (Å²) in [6.07, 6.45) is -0.496. The third kappa shape index (κ3) is 6.60. The highest BCUT2D eigenvalue weighted by Gasteiger charge is 2.49. The predicted molar refractivity (Wildman–Crippen MR) is 143 cm³/mol. The molecule has 0 radical (unpaired) electrons. The summed E-state index contributed by atoms with van der Waals surface area (Å²) in [5.41, 5.74) is 0.774. The Morgan fingerprint density at radius 3 is 2.56 bits per heavy atom. The number of aliphatic imine (C=N–C) groups is 1. The molecule has 2 aromatic rings. The van der Waals surface area contributed by atoms with Gasteiger partial charge in [0, 0.05) is 22.4 Å². The van der Waals surface area contributed by atoms with E-state index in [1.807, 2.05) is 30.3 Å². The maximum Gasteiger partial charge on any atom is 0.408 e. The molecule has 1 N–H and O–H groups in total. The van der Waals surface area contributed by atoms with Crippen molar-refractivity contribution in [2.75, 3.05) is 16.4 Å². The number of rotatable bonds is 5. The maximum atomic E-state index is 13.5. The lowest BCUT2D eigenvalue weighted by Crippen LogP contribution is -2.45. The Morgan fingerprint density at radius 2 is 1.89 bits per heavy atom. The van der Waals surface area contributed by atoms with Crippen LogP contribution in [0.2, 0.25) is 5.02 Å². The Kier molecular flexibility index (Phi) is 7.68. The lowest BCUT2D eigenvalue weighted by atomic mass is 10.1. The second-order valence-electron chi connectivity index (χ2n) is 9.77. The molecule has 2 fully saturated rings. The van der Waals surface area contributed by atoms with E-state index in [9.17, 15) is 18.0 Å². The number of amidine groups is 1. The maximum absolute atomic E-state index is 13.5. The largest absolute Gasteiger partial charge is 0.444 e. The van der Waals surface area contributed by atoms with Crippen LogP contribution >= 0.6 is 23.4 Å². The number of fused-ring (bicyclic) bond motifs is 1. The van der Waals surface area contributed by atoms with Gasteiger partial charge in [0.05, 0.1) is 17.5 Å². The fourth-order valence-electron chi connectivity index (χ4n) is 4.16. The van der Waals surface area contributed by atoms with Gasteiger partial charge in [-0.25, -0.2) is 13.2 Å². The van der Waals surface area contributed by atoms with Crippen molar-refractivity contribution < 1.29 is 22.7 Å². The van der Waals surface area contributed by atoms with E-state index in [-0.39, 0.29) is 29.2 Å². The molecule has 2 amide bonds. The van der Waals surface area contributed by atoms with Gasteiger partial charge in [-0.3, -0.25) is 4.79 Å². The summed E-state index contributed by atoms with van der Waals surface area (Å²) in [6, 6.07) is 15.0. The molecule has 11 heteroatoms. The normalized spacial score (nSPS) is 22.8. The topological polar surface area (TPSA) is 105 Å². The molecule has 0 aliphatic carbocycles. The van der Waals surface area contributed by atoms with Crippen molar-refractivity contribution in [3.8, 4) is 0 Å². The predicted octanol–water partition coefficient (Wildman–Crippen LogP) is 4.08. The van der Waals surface area contributed by atoms with Gasteiger partial charge in [-0.15, -0.1) is 0 Å². The number of halogens is 1. The number of amides is 2. The van der Waals surface area contributed by atoms with Gasteiger partial charge >= 0.3 is 6.09 Å². The second-order valence-corrected chi connectivity index (χ2v) is 13.6. The van der Waals surface area contributed by atoms with Gasteiger partial charge in [-0.1, -0.05) is 59.8 Å². The summed E-state index contributed by atoms with van der Waals surface area (Å²) < 4.78 is 30.0. The van der Waals surface area contributed by atoms with Crippen LogP contribution in [0.3, 0.4) is 0 Å². The van der Waals surface area contributed by atoms with E-state index >= 15 is 0 Å². The number of hydrogen-bond acceptors (Lipinski definition) is 6. The monoisotopic (exact) mass is 549 g/mol. The second kappa shape index (κ2) is 10.4. The molecule has 4 rings (SSSR count). The standard InChI is InChI=1S/C25H28ClN3O5S2/c1-25(2,3)34-24(31)27-19(12-16-8-5-4-6-9-16)22(30)28-23-29(18-11-7-10-17(26)13-18)20-14-36(32,33)15-21(20)35-23/h4-11,13,19-21H,12,14-15H2,1-3H3,(H,27,31)/t19-,20-,21-/m1/s1. The van der Waals surface area contributed by atoms with Crippen LogP contribution in [-0.4, -0.2) is 60.0 Å². The molecule has 3 atom stereocenters. The molecule has 8 nitrogen and oxygen atoms in total. The lowest BCUT2D eigenvalue weighted by Gasteiger charge is -2.25. The lowest BCUT2D eigenvalue weighted by molar-refractivity contribution is -0.119. The Morgan fingerprint density at radius 1 is 1.17 bits per heavy atom. The van der Waals surface area contributed by atoms with E-state index < -0.39 is 33.5 Å². The van der Waals surface area contributed by atoms with Crippen molar-refractivity contribution in [3.63, 3.8) is 0 Å². The molecular weight excluding hydrogens is 522 g/mol. The van der Waals surface area contributed by atoms with Crippen molar-refractivity contribution in [1.29, 1.82) is 0 Å². The summed E-state index contributed by atoms with van der Waals surface area (Å²) in [6.45, 7) is 5.23. The molecule has 2 saturated heterocycles. The minimum atomic E-state index is -3.21. The van der Waals surface area contributed by atoms with Crippen LogP contribution in [0.4, 0.5) is 10.5 Å². The minimum absolute atomic E-state index is 0.0101. The molecule has 2 aliphatic rings. The number of alkyl carbamates (subject to hydrolysis) is 1. The van der Waals surface area contributed by atoms with Crippen molar-refractivity contribution in [1.82, 2.24) is 5.32 Å². The zero-order valence-corrected chi connectivity index (χ0v) is 22.6. The molecular formula is C25H28ClN3O5S2. The molecule has 192 valence electrons. The number of thioether (sulfide) groups is 1. The van der Waals surface area contributed by atoms with E-state index in [1.54, 1.807) is 49.9 Å². The molecule has 0 saturated carbocycles. The van der Waals surface area contributed by atoms with Gasteiger partial charge < -0.3 is 15.0 Å². The Hall–Kier alpha value is -2.56. The Labute approximate surface area is 220 Å². The van der Waals surface area contributed by atoms with Gasteiger partial charge in [0.1, 0.15) is 11.6 Å². The van der Waals surface area contributed by atoms with Crippen LogP contribution in [0.25, 0.3) is 0 Å². The van der Waals surface area contributed by atoms with Crippen molar-refractivity contribution in [2.24, 2.45) is 4.99 Å². The zero-order valence-electron chi connectivity index (χ0n) is 20.2. The number of nitrogens with one attached hydrogen (secondary N) is 1. The average Bonchev–Trinajstić information content (AvgIpc) is 3.23. The Balaban J connectivity index is 1.65. The number of nitrogens with zero attached hydrogens (tertiary/aromatic N) is 2. The van der Waals surface area contributed by atoms with E-state index in [2.05, 4.69) is 10.3 Å². The first kappa shape index (κ1) is 26.5. The molecule has 0 bridgehead atoms. The molecule has 2 aliphatic heterocycles. The molecule has 0 spiro atoms. The summed E-state index contributed by atoms with van der Waals surface area (Å²) in [7, 11) is -3.21. The molecule has 0 unspecified atom stereocenters. The smallest absolute Gasteiger partial charge is 0.408 e. The number of sulfone groups is 1. The summed E-state index contributed by atoms with van der Waals surface area (Å²) in [5.74, 6) is -0.577. The number of benzene rings is 2. The highest BCUT2D eigenvalue weighted by Crippen LogP contribution is 2.41. The fraction of sp³-hybridized carbons (Fsp3) is 0.400. The van der Waals surface area contributed by atoms with E-state index in [1.165, 1.54) is 11.8 Å². The van der Waals surface area contributed by atoms with Crippen LogP contribution in [-0.2, 0) is 25.8 Å². The number of anilines is 1. The molecule has 2 heterocycles. The Bertz CT molecular complexity index is 1280. The van der Waals surface area contributed by atoms with Gasteiger partial charge in [0.25, 0.3) is 5.91 Å². The van der Waals surface area contributed by atoms with E-state index in [0.717, 1.165) is 5.56 Å². The summed E-state index contributed by atoms with van der Waals surface area (Å²) in [5, 5.41) is 3.28. The van der Waals surface area contributed by atoms with Crippen LogP contribution in [0.1, 0.15) is 26.3 Å². The van der Waals surface area contributed by atoms with Crippen LogP contribution in [0.5, 0.6) is 0 Å². The van der Waals surface area contributed by atoms with Crippen molar-refractivity contribution in [3.05, 3.63) is 65.2 Å². The van der Waals surface area contributed by atoms with Crippen LogP contribution in [0, 0.1) is 0 Å². The number of carbonyl (C=O) groups excluding carboxylic acids is 2. The fourth-order valence-corrected chi connectivity index (χ4v) is 8.27. The highest BCUT2D eigenvalue weighted by molar-refractivity contribution is 8.16. The first-order chi connectivity index (χ1) is 16.9. The summed E-state index contributed by atoms with van der Waals surface area (Å²) >= 11 is 7.47. The van der Waals surface area contributed by atoms with E-state index in [4.69, 9.17) is 16.3 Å². The first-order valence-corrected chi connectivity index (χ1v) is 14.6. The summed E-state index contributed by atoms with van der Waals surface area (Å²) in [4.78, 5) is 32.2. The number of hydrogen-bond donors (Lipinski definition) is 1. The van der Waals surface area contributed by atoms with Crippen molar-refractivity contribution in [2.45, 2.75) is 50.1 Å². The average molecular weight is 550 g/mol. The molecule has 0 aromatic heterocycles. The number of ether oxygens (including phenoxy) is 1. The molecule has 36 heavy (non-hydrogen) atoms. The molecule has 2 aromatic carbocycles. The minimum Gasteiger partial charge on any atom is -0.444 e. The SMILES string of the molecule is CC(C)(C)OC(=O)N[C@H](Cc1ccccc1)C(=O)N=C1S[C@@H]2CS(=O)(=O)C[C@H]2N1c1cccc(Cl)c1. The van der Waals surface area contributed by atoms with Gasteiger partial charge in [0.15, 0.2) is 15.0 Å². The van der Waals surface area contributed by atoms with E-state index in [0.29, 0.717) is 15.9 Å². The van der Waals surface area contributed by atoms with Gasteiger partial charge in [0.2, 0.25) is 0 Å². The van der Waals surface area contributed by atoms with Crippen LogP contribution < -0.4 is 10.2 Å². The third-order valence-corrected chi connectivity index (χ3v) is 9.08. The number of carbonyl (C=O) groups is 2. The zero-order chi connectivity index (χ0) is 26.1. The van der Waals surface area contributed by atoms with Gasteiger partial charge in [-0.05, 0) is 44.5 Å². The quantitative estimate of drug-likeness (QED) is 0.599. The first-order valence-electron chi connectivity index (χ1n) is 11.5. The van der Waals surface area contributed by atoms with Crippen LogP contribution in [0.15, 0.2) is 59.6 Å². The van der Waals surface area contributed by atoms with Crippen molar-refractivity contribution >= 4 is 56.1 Å². The van der Waals surface area contributed by atoms with Gasteiger partial charge in [-0.2, -0.15) is 4.99 Å². The highest BCUT2D eigenvalue weighted by atomic mass is 35.5.